The maximum absolute atomic E-state index is 12.3. The normalized spacial score (nSPS) is 25.6. The molecular weight excluding hydrogens is 316 g/mol. The average Bonchev–Trinajstić information content (AvgIpc) is 2.75. The zero-order valence-corrected chi connectivity index (χ0v) is 14.8. The average molecular weight is 344 g/mol. The van der Waals surface area contributed by atoms with Crippen molar-refractivity contribution in [3.05, 3.63) is 29.8 Å². The fraction of sp³-hybridized carbons (Fsp3) is 0.650. The molecule has 0 radical (unpaired) electrons. The summed E-state index contributed by atoms with van der Waals surface area (Å²) in [7, 11) is 0. The number of aliphatic hydroxyl groups is 1. The van der Waals surface area contributed by atoms with Crippen molar-refractivity contribution in [1.29, 1.82) is 0 Å². The van der Waals surface area contributed by atoms with Crippen LogP contribution in [0.5, 0.6) is 5.75 Å². The molecule has 1 amide bonds. The van der Waals surface area contributed by atoms with Crippen molar-refractivity contribution in [2.24, 2.45) is 0 Å². The van der Waals surface area contributed by atoms with E-state index in [1.807, 2.05) is 24.3 Å². The number of likely N-dealkylation sites (tertiary alicyclic amines) is 1. The molecule has 2 heterocycles. The van der Waals surface area contributed by atoms with E-state index in [-0.39, 0.29) is 11.5 Å². The molecule has 1 saturated carbocycles. The van der Waals surface area contributed by atoms with E-state index in [0.29, 0.717) is 17.9 Å². The number of hydrogen-bond donors (Lipinski definition) is 2. The predicted octanol–water partition coefficient (Wildman–Crippen LogP) is 2.34. The van der Waals surface area contributed by atoms with Gasteiger partial charge >= 0.3 is 0 Å². The zero-order chi connectivity index (χ0) is 17.3. The SMILES string of the molecule is O=C1NCC2(CCN(CC3(O)CCCCC3)CC2)Oc2ccccc21. The van der Waals surface area contributed by atoms with Crippen molar-refractivity contribution in [2.75, 3.05) is 26.2 Å². The topological polar surface area (TPSA) is 61.8 Å². The summed E-state index contributed by atoms with van der Waals surface area (Å²) in [5.41, 5.74) is -0.208. The molecule has 5 nitrogen and oxygen atoms in total. The Labute approximate surface area is 149 Å². The lowest BCUT2D eigenvalue weighted by atomic mass is 9.83. The lowest BCUT2D eigenvalue weighted by Crippen LogP contribution is -2.55. The molecule has 1 saturated heterocycles. The molecule has 0 atom stereocenters. The van der Waals surface area contributed by atoms with E-state index >= 15 is 0 Å². The molecule has 2 fully saturated rings. The van der Waals surface area contributed by atoms with Crippen molar-refractivity contribution >= 4 is 5.91 Å². The van der Waals surface area contributed by atoms with Gasteiger partial charge in [0.1, 0.15) is 11.4 Å². The summed E-state index contributed by atoms with van der Waals surface area (Å²) in [6.07, 6.45) is 7.12. The first-order valence-corrected chi connectivity index (χ1v) is 9.59. The van der Waals surface area contributed by atoms with E-state index in [2.05, 4.69) is 10.2 Å². The number of nitrogens with one attached hydrogen (secondary N) is 1. The van der Waals surface area contributed by atoms with Crippen LogP contribution in [0, 0.1) is 0 Å². The number of piperidine rings is 1. The van der Waals surface area contributed by atoms with Crippen molar-refractivity contribution in [1.82, 2.24) is 10.2 Å². The van der Waals surface area contributed by atoms with E-state index in [9.17, 15) is 9.90 Å². The highest BCUT2D eigenvalue weighted by atomic mass is 16.5. The van der Waals surface area contributed by atoms with Crippen molar-refractivity contribution in [3.63, 3.8) is 0 Å². The number of carbonyl (C=O) groups excluding carboxylic acids is 1. The van der Waals surface area contributed by atoms with Gasteiger partial charge in [0.2, 0.25) is 0 Å². The Morgan fingerprint density at radius 3 is 2.56 bits per heavy atom. The minimum Gasteiger partial charge on any atom is -0.485 e. The molecule has 3 aliphatic rings. The van der Waals surface area contributed by atoms with E-state index in [1.54, 1.807) is 0 Å². The summed E-state index contributed by atoms with van der Waals surface area (Å²) in [5.74, 6) is 0.642. The van der Waals surface area contributed by atoms with Crippen LogP contribution in [0.1, 0.15) is 55.3 Å². The number of fused-ring (bicyclic) bond motifs is 1. The summed E-state index contributed by atoms with van der Waals surface area (Å²) in [6, 6.07) is 7.49. The number of ether oxygens (including phenoxy) is 1. The number of β-amino-alcohol motifs (C(OH)–C–C–N with tert-alkyl or cyclic N) is 1. The lowest BCUT2D eigenvalue weighted by molar-refractivity contribution is -0.0529. The molecule has 0 bridgehead atoms. The highest BCUT2D eigenvalue weighted by Crippen LogP contribution is 2.34. The summed E-state index contributed by atoms with van der Waals surface area (Å²) >= 11 is 0. The second kappa shape index (κ2) is 6.61. The molecule has 0 unspecified atom stereocenters. The fourth-order valence-corrected chi connectivity index (χ4v) is 4.53. The third-order valence-corrected chi connectivity index (χ3v) is 6.10. The molecule has 136 valence electrons. The molecule has 2 N–H and O–H groups in total. The molecule has 5 heteroatoms. The van der Waals surface area contributed by atoms with Crippen LogP contribution in [-0.4, -0.2) is 53.3 Å². The van der Waals surface area contributed by atoms with Crippen molar-refractivity contribution in [2.45, 2.75) is 56.1 Å². The van der Waals surface area contributed by atoms with Crippen LogP contribution in [-0.2, 0) is 0 Å². The number of benzene rings is 1. The van der Waals surface area contributed by atoms with Gasteiger partial charge in [-0.2, -0.15) is 0 Å². The smallest absolute Gasteiger partial charge is 0.255 e. The highest BCUT2D eigenvalue weighted by molar-refractivity contribution is 5.97. The second-order valence-corrected chi connectivity index (χ2v) is 8.03. The van der Waals surface area contributed by atoms with Gasteiger partial charge in [-0.05, 0) is 25.0 Å². The lowest BCUT2D eigenvalue weighted by Gasteiger charge is -2.44. The van der Waals surface area contributed by atoms with E-state index in [1.165, 1.54) is 6.42 Å². The largest absolute Gasteiger partial charge is 0.485 e. The van der Waals surface area contributed by atoms with Crippen LogP contribution in [0.25, 0.3) is 0 Å². The first-order valence-electron chi connectivity index (χ1n) is 9.59. The summed E-state index contributed by atoms with van der Waals surface area (Å²) in [4.78, 5) is 14.6. The molecular formula is C20H28N2O3. The Morgan fingerprint density at radius 1 is 1.08 bits per heavy atom. The van der Waals surface area contributed by atoms with Gasteiger partial charge in [-0.3, -0.25) is 4.79 Å². The van der Waals surface area contributed by atoms with Gasteiger partial charge in [0, 0.05) is 32.5 Å². The zero-order valence-electron chi connectivity index (χ0n) is 14.8. The number of para-hydroxylation sites is 1. The number of nitrogens with zero attached hydrogens (tertiary/aromatic N) is 1. The van der Waals surface area contributed by atoms with Crippen LogP contribution in [0.2, 0.25) is 0 Å². The molecule has 0 aromatic heterocycles. The van der Waals surface area contributed by atoms with Gasteiger partial charge in [0.15, 0.2) is 0 Å². The van der Waals surface area contributed by atoms with Crippen LogP contribution in [0.15, 0.2) is 24.3 Å². The number of rotatable bonds is 2. The molecule has 1 aromatic rings. The van der Waals surface area contributed by atoms with Crippen LogP contribution < -0.4 is 10.1 Å². The molecule has 25 heavy (non-hydrogen) atoms. The van der Waals surface area contributed by atoms with Crippen molar-refractivity contribution < 1.29 is 14.6 Å². The van der Waals surface area contributed by atoms with Gasteiger partial charge in [-0.15, -0.1) is 0 Å². The Kier molecular flexibility index (Phi) is 4.46. The van der Waals surface area contributed by atoms with Gasteiger partial charge in [0.25, 0.3) is 5.91 Å². The molecule has 1 aliphatic carbocycles. The number of carbonyl (C=O) groups is 1. The van der Waals surface area contributed by atoms with Gasteiger partial charge in [-0.25, -0.2) is 0 Å². The van der Waals surface area contributed by atoms with Gasteiger partial charge in [0.05, 0.1) is 17.7 Å². The minimum atomic E-state index is -0.506. The standard InChI is InChI=1S/C20H28N2O3/c23-18-16-6-2-3-7-17(16)25-20(14-21-18)10-12-22(13-11-20)15-19(24)8-4-1-5-9-19/h2-3,6-7,24H,1,4-5,8-15H2,(H,21,23). The third kappa shape index (κ3) is 3.53. The maximum Gasteiger partial charge on any atom is 0.255 e. The number of amides is 1. The molecule has 4 rings (SSSR count). The Morgan fingerprint density at radius 2 is 1.80 bits per heavy atom. The van der Waals surface area contributed by atoms with Crippen LogP contribution >= 0.6 is 0 Å². The Hall–Kier alpha value is -1.59. The monoisotopic (exact) mass is 344 g/mol. The summed E-state index contributed by atoms with van der Waals surface area (Å²) < 4.78 is 6.35. The van der Waals surface area contributed by atoms with Crippen molar-refractivity contribution in [3.8, 4) is 5.75 Å². The summed E-state index contributed by atoms with van der Waals surface area (Å²) in [6.45, 7) is 3.13. The van der Waals surface area contributed by atoms with Gasteiger partial charge in [-0.1, -0.05) is 31.4 Å². The molecule has 1 aromatic carbocycles. The highest BCUT2D eigenvalue weighted by Gasteiger charge is 2.41. The summed E-state index contributed by atoms with van der Waals surface area (Å²) in [5, 5.41) is 13.8. The minimum absolute atomic E-state index is 0.0496. The van der Waals surface area contributed by atoms with Gasteiger partial charge < -0.3 is 20.1 Å². The van der Waals surface area contributed by atoms with E-state index in [4.69, 9.17) is 4.74 Å². The fourth-order valence-electron chi connectivity index (χ4n) is 4.53. The Bertz CT molecular complexity index is 632. The predicted molar refractivity (Wildman–Crippen MR) is 95.8 cm³/mol. The second-order valence-electron chi connectivity index (χ2n) is 8.03. The first kappa shape index (κ1) is 16.9. The maximum atomic E-state index is 12.3. The molecule has 2 aliphatic heterocycles. The quantitative estimate of drug-likeness (QED) is 0.864. The number of hydrogen-bond acceptors (Lipinski definition) is 4. The molecule has 1 spiro atoms. The third-order valence-electron chi connectivity index (χ3n) is 6.10. The first-order chi connectivity index (χ1) is 12.1. The Balaban J connectivity index is 1.42. The van der Waals surface area contributed by atoms with Crippen LogP contribution in [0.4, 0.5) is 0 Å². The van der Waals surface area contributed by atoms with E-state index in [0.717, 1.165) is 58.2 Å². The van der Waals surface area contributed by atoms with E-state index < -0.39 is 5.60 Å². The van der Waals surface area contributed by atoms with Crippen LogP contribution in [0.3, 0.4) is 0 Å².